The summed E-state index contributed by atoms with van der Waals surface area (Å²) in [6.07, 6.45) is 1.86. The maximum Gasteiger partial charge on any atom is 0.137 e. The third-order valence-electron chi connectivity index (χ3n) is 2.17. The highest BCUT2D eigenvalue weighted by Gasteiger charge is 2.10. The average molecular weight is 274 g/mol. The van der Waals surface area contributed by atoms with Crippen molar-refractivity contribution >= 4 is 34.8 Å². The molecule has 5 heteroatoms. The van der Waals surface area contributed by atoms with Gasteiger partial charge in [0.25, 0.3) is 0 Å². The number of hydrogen-bond acceptors (Lipinski definition) is 2. The number of nitrogens with zero attached hydrogens (tertiary/aromatic N) is 2. The van der Waals surface area contributed by atoms with E-state index in [0.29, 0.717) is 27.3 Å². The number of rotatable bonds is 2. The van der Waals surface area contributed by atoms with Gasteiger partial charge in [-0.1, -0.05) is 53.0 Å². The minimum atomic E-state index is 0.361. The molecule has 0 aliphatic carbocycles. The van der Waals surface area contributed by atoms with Gasteiger partial charge in [0, 0.05) is 17.0 Å². The molecule has 0 fully saturated rings. The van der Waals surface area contributed by atoms with Crippen LogP contribution in [-0.2, 0) is 6.42 Å². The van der Waals surface area contributed by atoms with Crippen molar-refractivity contribution in [2.75, 3.05) is 0 Å². The SMILES string of the molecule is Clc1ccccc1Cc1c(Cl)ncnc1Cl. The topological polar surface area (TPSA) is 25.8 Å². The highest BCUT2D eigenvalue weighted by Crippen LogP contribution is 2.26. The lowest BCUT2D eigenvalue weighted by Crippen LogP contribution is -1.95. The van der Waals surface area contributed by atoms with E-state index in [1.165, 1.54) is 6.33 Å². The predicted molar refractivity (Wildman–Crippen MR) is 66.3 cm³/mol. The van der Waals surface area contributed by atoms with Gasteiger partial charge in [-0.15, -0.1) is 0 Å². The van der Waals surface area contributed by atoms with E-state index < -0.39 is 0 Å². The molecule has 0 N–H and O–H groups in total. The zero-order valence-corrected chi connectivity index (χ0v) is 10.4. The van der Waals surface area contributed by atoms with Crippen molar-refractivity contribution in [3.63, 3.8) is 0 Å². The fourth-order valence-electron chi connectivity index (χ4n) is 1.35. The van der Waals surface area contributed by atoms with E-state index in [4.69, 9.17) is 34.8 Å². The lowest BCUT2D eigenvalue weighted by molar-refractivity contribution is 1.07. The Morgan fingerprint density at radius 2 is 1.56 bits per heavy atom. The molecule has 82 valence electrons. The van der Waals surface area contributed by atoms with Crippen molar-refractivity contribution in [1.82, 2.24) is 9.97 Å². The maximum absolute atomic E-state index is 6.05. The Morgan fingerprint density at radius 3 is 2.19 bits per heavy atom. The van der Waals surface area contributed by atoms with Crippen molar-refractivity contribution < 1.29 is 0 Å². The van der Waals surface area contributed by atoms with Crippen molar-refractivity contribution in [2.24, 2.45) is 0 Å². The van der Waals surface area contributed by atoms with E-state index in [0.717, 1.165) is 5.56 Å². The van der Waals surface area contributed by atoms with Crippen LogP contribution in [0.1, 0.15) is 11.1 Å². The molecular weight excluding hydrogens is 266 g/mol. The smallest absolute Gasteiger partial charge is 0.137 e. The number of benzene rings is 1. The zero-order valence-electron chi connectivity index (χ0n) is 8.12. The first kappa shape index (κ1) is 11.6. The van der Waals surface area contributed by atoms with E-state index in [-0.39, 0.29) is 0 Å². The van der Waals surface area contributed by atoms with Crippen LogP contribution in [0, 0.1) is 0 Å². The van der Waals surface area contributed by atoms with Gasteiger partial charge in [-0.05, 0) is 11.6 Å². The molecule has 2 rings (SSSR count). The monoisotopic (exact) mass is 272 g/mol. The fourth-order valence-corrected chi connectivity index (χ4v) is 2.00. The molecule has 0 saturated carbocycles. The maximum atomic E-state index is 6.05. The van der Waals surface area contributed by atoms with Crippen LogP contribution < -0.4 is 0 Å². The summed E-state index contributed by atoms with van der Waals surface area (Å²) < 4.78 is 0. The molecule has 2 nitrogen and oxygen atoms in total. The van der Waals surface area contributed by atoms with Gasteiger partial charge in [-0.2, -0.15) is 0 Å². The second-order valence-electron chi connectivity index (χ2n) is 3.20. The summed E-state index contributed by atoms with van der Waals surface area (Å²) in [5.41, 5.74) is 1.64. The standard InChI is InChI=1S/C11H7Cl3N2/c12-9-4-2-1-3-7(9)5-8-10(13)15-6-16-11(8)14/h1-4,6H,5H2. The van der Waals surface area contributed by atoms with Crippen molar-refractivity contribution in [1.29, 1.82) is 0 Å². The highest BCUT2D eigenvalue weighted by atomic mass is 35.5. The Kier molecular flexibility index (Phi) is 3.64. The molecule has 1 aromatic carbocycles. The predicted octanol–water partition coefficient (Wildman–Crippen LogP) is 4.03. The van der Waals surface area contributed by atoms with Crippen LogP contribution in [0.2, 0.25) is 15.3 Å². The van der Waals surface area contributed by atoms with E-state index >= 15 is 0 Å². The molecular formula is C11H7Cl3N2. The molecule has 2 aromatic rings. The van der Waals surface area contributed by atoms with Crippen LogP contribution >= 0.6 is 34.8 Å². The van der Waals surface area contributed by atoms with Gasteiger partial charge in [0.1, 0.15) is 16.6 Å². The van der Waals surface area contributed by atoms with Crippen molar-refractivity contribution in [3.05, 3.63) is 57.0 Å². The van der Waals surface area contributed by atoms with Gasteiger partial charge >= 0.3 is 0 Å². The van der Waals surface area contributed by atoms with Crippen LogP contribution in [0.15, 0.2) is 30.6 Å². The first-order valence-electron chi connectivity index (χ1n) is 4.57. The molecule has 0 aliphatic rings. The van der Waals surface area contributed by atoms with E-state index in [9.17, 15) is 0 Å². The Labute approximate surface area is 108 Å². The summed E-state index contributed by atoms with van der Waals surface area (Å²) in [5, 5.41) is 1.40. The first-order chi connectivity index (χ1) is 7.68. The van der Waals surface area contributed by atoms with Crippen LogP contribution in [-0.4, -0.2) is 9.97 Å². The van der Waals surface area contributed by atoms with E-state index in [2.05, 4.69) is 9.97 Å². The Bertz CT molecular complexity index is 494. The van der Waals surface area contributed by atoms with Crippen LogP contribution in [0.25, 0.3) is 0 Å². The summed E-state index contributed by atoms with van der Waals surface area (Å²) in [7, 11) is 0. The van der Waals surface area contributed by atoms with Gasteiger partial charge in [0.2, 0.25) is 0 Å². The van der Waals surface area contributed by atoms with Gasteiger partial charge in [0.05, 0.1) is 0 Å². The largest absolute Gasteiger partial charge is 0.224 e. The summed E-state index contributed by atoms with van der Waals surface area (Å²) >= 11 is 18.0. The first-order valence-corrected chi connectivity index (χ1v) is 5.70. The molecule has 0 bridgehead atoms. The quantitative estimate of drug-likeness (QED) is 0.772. The lowest BCUT2D eigenvalue weighted by Gasteiger charge is -2.06. The van der Waals surface area contributed by atoms with Gasteiger partial charge < -0.3 is 0 Å². The molecule has 0 aliphatic heterocycles. The molecule has 0 radical (unpaired) electrons. The van der Waals surface area contributed by atoms with Crippen molar-refractivity contribution in [3.8, 4) is 0 Å². The van der Waals surface area contributed by atoms with Crippen LogP contribution in [0.4, 0.5) is 0 Å². The number of aromatic nitrogens is 2. The normalized spacial score (nSPS) is 10.4. The van der Waals surface area contributed by atoms with Gasteiger partial charge in [0.15, 0.2) is 0 Å². The van der Waals surface area contributed by atoms with Crippen LogP contribution in [0.5, 0.6) is 0 Å². The Morgan fingerprint density at radius 1 is 0.938 bits per heavy atom. The molecule has 0 spiro atoms. The molecule has 0 atom stereocenters. The van der Waals surface area contributed by atoms with E-state index in [1.54, 1.807) is 0 Å². The minimum absolute atomic E-state index is 0.361. The van der Waals surface area contributed by atoms with Gasteiger partial charge in [-0.25, -0.2) is 9.97 Å². The van der Waals surface area contributed by atoms with Gasteiger partial charge in [-0.3, -0.25) is 0 Å². The van der Waals surface area contributed by atoms with Crippen molar-refractivity contribution in [2.45, 2.75) is 6.42 Å². The second-order valence-corrected chi connectivity index (χ2v) is 4.33. The molecule has 0 unspecified atom stereocenters. The molecule has 1 heterocycles. The number of hydrogen-bond donors (Lipinski definition) is 0. The zero-order chi connectivity index (χ0) is 11.5. The fraction of sp³-hybridized carbons (Fsp3) is 0.0909. The summed E-state index contributed by atoms with van der Waals surface area (Å²) in [6, 6.07) is 7.52. The number of halogens is 3. The summed E-state index contributed by atoms with van der Waals surface area (Å²) in [4.78, 5) is 7.79. The molecule has 1 aromatic heterocycles. The third-order valence-corrected chi connectivity index (χ3v) is 3.19. The summed E-state index contributed by atoms with van der Waals surface area (Å²) in [6.45, 7) is 0. The molecule has 0 saturated heterocycles. The Balaban J connectivity index is 2.38. The van der Waals surface area contributed by atoms with Crippen LogP contribution in [0.3, 0.4) is 0 Å². The lowest BCUT2D eigenvalue weighted by atomic mass is 10.1. The highest BCUT2D eigenvalue weighted by molar-refractivity contribution is 6.34. The summed E-state index contributed by atoms with van der Waals surface area (Å²) in [5.74, 6) is 0. The average Bonchev–Trinajstić information content (AvgIpc) is 2.26. The third kappa shape index (κ3) is 2.46. The van der Waals surface area contributed by atoms with E-state index in [1.807, 2.05) is 24.3 Å². The molecule has 16 heavy (non-hydrogen) atoms. The minimum Gasteiger partial charge on any atom is -0.224 e. The molecule has 0 amide bonds. The Hall–Kier alpha value is -0.830. The second kappa shape index (κ2) is 5.00.